The van der Waals surface area contributed by atoms with Gasteiger partial charge in [-0.3, -0.25) is 4.79 Å². The van der Waals surface area contributed by atoms with E-state index >= 15 is 0 Å². The van der Waals surface area contributed by atoms with E-state index in [1.807, 2.05) is 30.0 Å². The van der Waals surface area contributed by atoms with Gasteiger partial charge in [0.15, 0.2) is 11.5 Å². The zero-order chi connectivity index (χ0) is 25.0. The van der Waals surface area contributed by atoms with Gasteiger partial charge in [0, 0.05) is 22.1 Å². The standard InChI is InChI=1S/C25H33N5O3SSi/c1-24(2,3)35(25(4,5)6)32-13-18-17(33-35)12-19(34-18)30-15-28-21-20(30)22(27-14-26-21)29-23(31)16-10-8-7-9-11-16/h7-11,14-15,17-19H,12-13H2,1-6H3,(H,26,27,29,31)/t17-,18+,19+/m0/s1. The smallest absolute Gasteiger partial charge is 0.349 e. The average Bonchev–Trinajstić information content (AvgIpc) is 3.42. The third kappa shape index (κ3) is 4.20. The van der Waals surface area contributed by atoms with Crippen LogP contribution in [0.4, 0.5) is 5.82 Å². The normalized spacial score (nSPS) is 24.3. The van der Waals surface area contributed by atoms with Crippen LogP contribution in [0.25, 0.3) is 11.2 Å². The molecule has 4 heterocycles. The fraction of sp³-hybridized carbons (Fsp3) is 0.520. The molecule has 3 atom stereocenters. The number of hydrogen-bond acceptors (Lipinski definition) is 7. The summed E-state index contributed by atoms with van der Waals surface area (Å²) >= 11 is 1.84. The first-order valence-electron chi connectivity index (χ1n) is 12.0. The Morgan fingerprint density at radius 2 is 1.80 bits per heavy atom. The Balaban J connectivity index is 1.43. The van der Waals surface area contributed by atoms with Crippen LogP contribution in [0.3, 0.4) is 0 Å². The molecule has 35 heavy (non-hydrogen) atoms. The third-order valence-electron chi connectivity index (χ3n) is 6.87. The molecule has 10 heteroatoms. The highest BCUT2D eigenvalue weighted by molar-refractivity contribution is 8.00. The monoisotopic (exact) mass is 511 g/mol. The van der Waals surface area contributed by atoms with Gasteiger partial charge in [-0.15, -0.1) is 11.8 Å². The summed E-state index contributed by atoms with van der Waals surface area (Å²) in [6.07, 6.45) is 4.18. The molecule has 0 spiro atoms. The average molecular weight is 512 g/mol. The van der Waals surface area contributed by atoms with Gasteiger partial charge in [-0.25, -0.2) is 15.0 Å². The Morgan fingerprint density at radius 1 is 1.09 bits per heavy atom. The maximum atomic E-state index is 12.8. The van der Waals surface area contributed by atoms with E-state index in [2.05, 4.69) is 66.4 Å². The predicted molar refractivity (Wildman–Crippen MR) is 141 cm³/mol. The number of hydrogen-bond donors (Lipinski definition) is 1. The summed E-state index contributed by atoms with van der Waals surface area (Å²) in [6.45, 7) is 14.1. The highest BCUT2D eigenvalue weighted by atomic mass is 32.2. The van der Waals surface area contributed by atoms with E-state index < -0.39 is 8.56 Å². The Bertz CT molecular complexity index is 1220. The van der Waals surface area contributed by atoms with Crippen LogP contribution in [0.1, 0.15) is 63.7 Å². The number of amides is 1. The van der Waals surface area contributed by atoms with Crippen LogP contribution in [0.2, 0.25) is 10.1 Å². The van der Waals surface area contributed by atoms with Crippen LogP contribution in [0.15, 0.2) is 43.0 Å². The van der Waals surface area contributed by atoms with Gasteiger partial charge in [-0.05, 0) is 12.1 Å². The summed E-state index contributed by atoms with van der Waals surface area (Å²) in [7, 11) is -2.53. The van der Waals surface area contributed by atoms with Crippen molar-refractivity contribution < 1.29 is 13.6 Å². The number of imidazole rings is 1. The molecule has 186 valence electrons. The molecule has 2 aliphatic heterocycles. The zero-order valence-corrected chi connectivity index (χ0v) is 22.9. The molecule has 0 radical (unpaired) electrons. The summed E-state index contributed by atoms with van der Waals surface area (Å²) in [4.78, 5) is 26.1. The number of fused-ring (bicyclic) bond motifs is 2. The Kier molecular flexibility index (Phi) is 6.06. The van der Waals surface area contributed by atoms with E-state index in [0.29, 0.717) is 23.6 Å². The largest absolute Gasteiger partial charge is 0.392 e. The minimum atomic E-state index is -2.53. The van der Waals surface area contributed by atoms with E-state index in [1.165, 1.54) is 6.33 Å². The number of anilines is 1. The highest BCUT2D eigenvalue weighted by Gasteiger charge is 2.63. The molecule has 1 N–H and O–H groups in total. The second-order valence-corrected chi connectivity index (χ2v) is 17.5. The van der Waals surface area contributed by atoms with Gasteiger partial charge in [0.05, 0.1) is 29.7 Å². The first-order valence-corrected chi connectivity index (χ1v) is 14.8. The summed E-state index contributed by atoms with van der Waals surface area (Å²) < 4.78 is 15.7. The lowest BCUT2D eigenvalue weighted by atomic mass is 10.2. The first kappa shape index (κ1) is 24.4. The van der Waals surface area contributed by atoms with Gasteiger partial charge in [0.2, 0.25) is 0 Å². The van der Waals surface area contributed by atoms with Crippen LogP contribution < -0.4 is 5.32 Å². The van der Waals surface area contributed by atoms with E-state index in [4.69, 9.17) is 8.85 Å². The number of thioether (sulfide) groups is 1. The molecule has 2 aliphatic rings. The van der Waals surface area contributed by atoms with Gasteiger partial charge in [0.25, 0.3) is 5.91 Å². The van der Waals surface area contributed by atoms with Crippen LogP contribution in [-0.2, 0) is 8.85 Å². The van der Waals surface area contributed by atoms with Crippen molar-refractivity contribution in [2.75, 3.05) is 11.9 Å². The fourth-order valence-electron chi connectivity index (χ4n) is 5.46. The molecule has 2 fully saturated rings. The summed E-state index contributed by atoms with van der Waals surface area (Å²) in [5.74, 6) is 0.246. The number of benzene rings is 1. The predicted octanol–water partition coefficient (Wildman–Crippen LogP) is 5.54. The molecule has 0 aliphatic carbocycles. The molecule has 1 amide bonds. The van der Waals surface area contributed by atoms with Crippen molar-refractivity contribution in [1.82, 2.24) is 19.5 Å². The van der Waals surface area contributed by atoms with Crippen molar-refractivity contribution >= 4 is 43.2 Å². The quantitative estimate of drug-likeness (QED) is 0.462. The summed E-state index contributed by atoms with van der Waals surface area (Å²) in [5, 5.41) is 3.18. The molecular weight excluding hydrogens is 478 g/mol. The number of nitrogens with zero attached hydrogens (tertiary/aromatic N) is 4. The lowest BCUT2D eigenvalue weighted by molar-refractivity contribution is 0.0262. The Labute approximate surface area is 211 Å². The topological polar surface area (TPSA) is 91.2 Å². The van der Waals surface area contributed by atoms with Crippen LogP contribution in [0, 0.1) is 0 Å². The second-order valence-electron chi connectivity index (χ2n) is 11.3. The maximum Gasteiger partial charge on any atom is 0.349 e. The van der Waals surface area contributed by atoms with Gasteiger partial charge in [-0.2, -0.15) is 0 Å². The number of rotatable bonds is 3. The molecule has 2 aromatic heterocycles. The van der Waals surface area contributed by atoms with Crippen LogP contribution in [0.5, 0.6) is 0 Å². The number of carbonyl (C=O) groups excluding carboxylic acids is 1. The molecule has 0 saturated carbocycles. The number of carbonyl (C=O) groups is 1. The zero-order valence-electron chi connectivity index (χ0n) is 21.1. The first-order chi connectivity index (χ1) is 16.5. The van der Waals surface area contributed by atoms with Crippen LogP contribution in [-0.4, -0.2) is 51.9 Å². The van der Waals surface area contributed by atoms with Crippen molar-refractivity contribution in [3.8, 4) is 0 Å². The molecule has 0 bridgehead atoms. The van der Waals surface area contributed by atoms with E-state index in [0.717, 1.165) is 11.9 Å². The minimum Gasteiger partial charge on any atom is -0.392 e. The van der Waals surface area contributed by atoms with Gasteiger partial charge in [-0.1, -0.05) is 59.7 Å². The van der Waals surface area contributed by atoms with Crippen molar-refractivity contribution in [2.24, 2.45) is 0 Å². The Morgan fingerprint density at radius 3 is 2.49 bits per heavy atom. The molecule has 5 rings (SSSR count). The fourth-order valence-corrected chi connectivity index (χ4v) is 12.2. The number of nitrogens with one attached hydrogen (secondary N) is 1. The van der Waals surface area contributed by atoms with E-state index in [9.17, 15) is 4.79 Å². The van der Waals surface area contributed by atoms with Crippen molar-refractivity contribution in [3.63, 3.8) is 0 Å². The minimum absolute atomic E-state index is 0.0522. The molecular formula is C25H33N5O3SSi. The van der Waals surface area contributed by atoms with Gasteiger partial charge in [0.1, 0.15) is 11.8 Å². The van der Waals surface area contributed by atoms with E-state index in [1.54, 1.807) is 18.5 Å². The Hall–Kier alpha value is -2.27. The van der Waals surface area contributed by atoms with Gasteiger partial charge < -0.3 is 18.7 Å². The third-order valence-corrected chi connectivity index (χ3v) is 13.5. The lowest BCUT2D eigenvalue weighted by Crippen LogP contribution is -2.63. The lowest BCUT2D eigenvalue weighted by Gasteiger charge is -2.53. The maximum absolute atomic E-state index is 12.8. The summed E-state index contributed by atoms with van der Waals surface area (Å²) in [6, 6.07) is 9.12. The van der Waals surface area contributed by atoms with E-state index in [-0.39, 0.29) is 32.7 Å². The SMILES string of the molecule is CC(C)(C)[Si]1(C(C)(C)C)OC[C@H]2S[C@@H](n3cnc4ncnc(NC(=O)c5ccccc5)c43)C[C@@H]2O1. The number of aromatic nitrogens is 4. The molecule has 2 saturated heterocycles. The molecule has 1 aromatic carbocycles. The molecule has 8 nitrogen and oxygen atoms in total. The second kappa shape index (κ2) is 8.69. The van der Waals surface area contributed by atoms with Crippen molar-refractivity contribution in [1.29, 1.82) is 0 Å². The van der Waals surface area contributed by atoms with Crippen molar-refractivity contribution in [3.05, 3.63) is 48.5 Å². The molecule has 3 aromatic rings. The highest BCUT2D eigenvalue weighted by Crippen LogP contribution is 2.58. The summed E-state index contributed by atoms with van der Waals surface area (Å²) in [5.41, 5.74) is 1.86. The van der Waals surface area contributed by atoms with Crippen molar-refractivity contribution in [2.45, 2.75) is 74.8 Å². The van der Waals surface area contributed by atoms with Crippen LogP contribution >= 0.6 is 11.8 Å². The van der Waals surface area contributed by atoms with Gasteiger partial charge >= 0.3 is 8.56 Å². The molecule has 0 unspecified atom stereocenters.